The van der Waals surface area contributed by atoms with Crippen molar-refractivity contribution in [2.75, 3.05) is 55.5 Å². The van der Waals surface area contributed by atoms with E-state index in [-0.39, 0.29) is 6.10 Å². The van der Waals surface area contributed by atoms with Gasteiger partial charge in [-0.2, -0.15) is 0 Å². The summed E-state index contributed by atoms with van der Waals surface area (Å²) in [6.45, 7) is 3.24. The van der Waals surface area contributed by atoms with Crippen molar-refractivity contribution in [1.82, 2.24) is 19.9 Å². The van der Waals surface area contributed by atoms with Crippen LogP contribution >= 0.6 is 0 Å². The van der Waals surface area contributed by atoms with Crippen molar-refractivity contribution in [3.63, 3.8) is 0 Å². The number of morpholine rings is 1. The fourth-order valence-corrected chi connectivity index (χ4v) is 4.44. The molecular formula is C24H31N7O2. The van der Waals surface area contributed by atoms with E-state index in [1.807, 2.05) is 31.4 Å². The first-order chi connectivity index (χ1) is 16.2. The highest BCUT2D eigenvalue weighted by atomic mass is 16.5. The average molecular weight is 450 g/mol. The van der Waals surface area contributed by atoms with Crippen molar-refractivity contribution in [2.45, 2.75) is 37.8 Å². The third-order valence-corrected chi connectivity index (χ3v) is 6.36. The Kier molecular flexibility index (Phi) is 6.39. The molecule has 3 heterocycles. The van der Waals surface area contributed by atoms with Gasteiger partial charge in [-0.25, -0.2) is 15.0 Å². The molecule has 1 saturated heterocycles. The molecule has 0 spiro atoms. The van der Waals surface area contributed by atoms with Crippen molar-refractivity contribution in [3.05, 3.63) is 36.9 Å². The number of ether oxygens (including phenoxy) is 2. The van der Waals surface area contributed by atoms with E-state index >= 15 is 0 Å². The van der Waals surface area contributed by atoms with E-state index in [1.54, 1.807) is 12.4 Å². The lowest BCUT2D eigenvalue weighted by molar-refractivity contribution is 0.122. The van der Waals surface area contributed by atoms with Gasteiger partial charge in [0.25, 0.3) is 0 Å². The SMILES string of the molecule is CN(C)c1cnc(N[C@H]2CC[C@@H](Oc3cc(N4CCOCC4)cc4nccnc34)CC2)nc1. The maximum absolute atomic E-state index is 6.52. The number of hydrogen-bond donors (Lipinski definition) is 1. The predicted molar refractivity (Wildman–Crippen MR) is 129 cm³/mol. The molecule has 0 amide bonds. The van der Waals surface area contributed by atoms with Crippen LogP contribution in [0.3, 0.4) is 0 Å². The summed E-state index contributed by atoms with van der Waals surface area (Å²) in [5.74, 6) is 1.51. The molecule has 174 valence electrons. The van der Waals surface area contributed by atoms with Gasteiger partial charge < -0.3 is 24.6 Å². The second-order valence-corrected chi connectivity index (χ2v) is 8.86. The van der Waals surface area contributed by atoms with Crippen LogP contribution in [0.15, 0.2) is 36.9 Å². The minimum Gasteiger partial charge on any atom is -0.488 e. The molecule has 1 aliphatic heterocycles. The number of nitrogens with zero attached hydrogens (tertiary/aromatic N) is 6. The molecule has 1 N–H and O–H groups in total. The summed E-state index contributed by atoms with van der Waals surface area (Å²) in [7, 11) is 3.97. The molecule has 0 atom stereocenters. The third-order valence-electron chi connectivity index (χ3n) is 6.36. The van der Waals surface area contributed by atoms with Gasteiger partial charge in [0.15, 0.2) is 0 Å². The van der Waals surface area contributed by atoms with Gasteiger partial charge in [0, 0.05) is 57.4 Å². The van der Waals surface area contributed by atoms with E-state index in [1.165, 1.54) is 0 Å². The summed E-state index contributed by atoms with van der Waals surface area (Å²) >= 11 is 0. The summed E-state index contributed by atoms with van der Waals surface area (Å²) in [5, 5.41) is 3.48. The van der Waals surface area contributed by atoms with Crippen LogP contribution in [0.4, 0.5) is 17.3 Å². The number of aromatic nitrogens is 4. The summed E-state index contributed by atoms with van der Waals surface area (Å²) < 4.78 is 12.0. The number of anilines is 3. The quantitative estimate of drug-likeness (QED) is 0.610. The Morgan fingerprint density at radius 2 is 1.70 bits per heavy atom. The van der Waals surface area contributed by atoms with Gasteiger partial charge in [-0.3, -0.25) is 4.98 Å². The van der Waals surface area contributed by atoms with Crippen LogP contribution in [-0.4, -0.2) is 72.5 Å². The Hall–Kier alpha value is -3.20. The maximum atomic E-state index is 6.52. The molecular weight excluding hydrogens is 418 g/mol. The van der Waals surface area contributed by atoms with Crippen LogP contribution in [-0.2, 0) is 4.74 Å². The first-order valence-electron chi connectivity index (χ1n) is 11.7. The Bertz CT molecular complexity index is 1060. The standard InChI is InChI=1S/C24H31N7O2/c1-30(2)19-15-27-24(28-16-19)29-17-3-5-20(6-4-17)33-22-14-18(31-9-11-32-12-10-31)13-21-23(22)26-8-7-25-21/h7-8,13-17,20H,3-6,9-12H2,1-2H3,(H,27,28,29)/t17-,20+. The summed E-state index contributed by atoms with van der Waals surface area (Å²) in [6.07, 6.45) is 11.3. The first-order valence-corrected chi connectivity index (χ1v) is 11.7. The molecule has 1 saturated carbocycles. The van der Waals surface area contributed by atoms with Crippen LogP contribution in [0.1, 0.15) is 25.7 Å². The number of fused-ring (bicyclic) bond motifs is 1. The van der Waals surface area contributed by atoms with E-state index in [4.69, 9.17) is 9.47 Å². The molecule has 1 aliphatic carbocycles. The van der Waals surface area contributed by atoms with Crippen molar-refractivity contribution in [1.29, 1.82) is 0 Å². The molecule has 33 heavy (non-hydrogen) atoms. The van der Waals surface area contributed by atoms with Crippen molar-refractivity contribution in [3.8, 4) is 5.75 Å². The van der Waals surface area contributed by atoms with Crippen molar-refractivity contribution in [2.24, 2.45) is 0 Å². The van der Waals surface area contributed by atoms with Crippen LogP contribution < -0.4 is 19.9 Å². The van der Waals surface area contributed by atoms with Gasteiger partial charge in [-0.05, 0) is 31.7 Å². The lowest BCUT2D eigenvalue weighted by Gasteiger charge is -2.31. The average Bonchev–Trinajstić information content (AvgIpc) is 2.86. The number of rotatable bonds is 6. The smallest absolute Gasteiger partial charge is 0.222 e. The molecule has 0 unspecified atom stereocenters. The molecule has 1 aromatic carbocycles. The largest absolute Gasteiger partial charge is 0.488 e. The Balaban J connectivity index is 1.24. The molecule has 2 aliphatic rings. The molecule has 0 bridgehead atoms. The number of nitrogens with one attached hydrogen (secondary N) is 1. The zero-order valence-electron chi connectivity index (χ0n) is 19.3. The molecule has 9 heteroatoms. The zero-order chi connectivity index (χ0) is 22.6. The third kappa shape index (κ3) is 5.08. The van der Waals surface area contributed by atoms with E-state index in [9.17, 15) is 0 Å². The van der Waals surface area contributed by atoms with Gasteiger partial charge in [-0.1, -0.05) is 0 Å². The fraction of sp³-hybridized carbons (Fsp3) is 0.500. The Morgan fingerprint density at radius 1 is 0.970 bits per heavy atom. The molecule has 3 aromatic rings. The normalized spacial score (nSPS) is 21.1. The molecule has 2 aromatic heterocycles. The Morgan fingerprint density at radius 3 is 2.42 bits per heavy atom. The van der Waals surface area contributed by atoms with Gasteiger partial charge in [0.2, 0.25) is 5.95 Å². The van der Waals surface area contributed by atoms with E-state index in [0.717, 1.165) is 80.1 Å². The molecule has 5 rings (SSSR count). The summed E-state index contributed by atoms with van der Waals surface area (Å²) in [6, 6.07) is 4.57. The topological polar surface area (TPSA) is 88.5 Å². The second-order valence-electron chi connectivity index (χ2n) is 8.86. The van der Waals surface area contributed by atoms with Gasteiger partial charge in [-0.15, -0.1) is 0 Å². The van der Waals surface area contributed by atoms with E-state index in [0.29, 0.717) is 12.0 Å². The lowest BCUT2D eigenvalue weighted by atomic mass is 9.93. The second kappa shape index (κ2) is 9.74. The summed E-state index contributed by atoms with van der Waals surface area (Å²) in [4.78, 5) is 22.3. The lowest BCUT2D eigenvalue weighted by Crippen LogP contribution is -2.36. The van der Waals surface area contributed by atoms with Crippen molar-refractivity contribution < 1.29 is 9.47 Å². The van der Waals surface area contributed by atoms with Crippen LogP contribution in [0.2, 0.25) is 0 Å². The number of hydrogen-bond acceptors (Lipinski definition) is 9. The highest BCUT2D eigenvalue weighted by Crippen LogP contribution is 2.33. The van der Waals surface area contributed by atoms with Gasteiger partial charge in [0.1, 0.15) is 11.3 Å². The van der Waals surface area contributed by atoms with E-state index in [2.05, 4.69) is 42.3 Å². The van der Waals surface area contributed by atoms with Crippen LogP contribution in [0, 0.1) is 0 Å². The van der Waals surface area contributed by atoms with Gasteiger partial charge >= 0.3 is 0 Å². The fourth-order valence-electron chi connectivity index (χ4n) is 4.44. The molecule has 9 nitrogen and oxygen atoms in total. The Labute approximate surface area is 194 Å². The number of benzene rings is 1. The minimum absolute atomic E-state index is 0.158. The van der Waals surface area contributed by atoms with Crippen LogP contribution in [0.5, 0.6) is 5.75 Å². The predicted octanol–water partition coefficient (Wildman–Crippen LogP) is 3.12. The van der Waals surface area contributed by atoms with Crippen molar-refractivity contribution >= 4 is 28.4 Å². The first kappa shape index (κ1) is 21.6. The van der Waals surface area contributed by atoms with Crippen LogP contribution in [0.25, 0.3) is 11.0 Å². The van der Waals surface area contributed by atoms with E-state index < -0.39 is 0 Å². The summed E-state index contributed by atoms with van der Waals surface area (Å²) in [5.41, 5.74) is 3.80. The molecule has 2 fully saturated rings. The maximum Gasteiger partial charge on any atom is 0.222 e. The highest BCUT2D eigenvalue weighted by Gasteiger charge is 2.24. The minimum atomic E-state index is 0.158. The molecule has 0 radical (unpaired) electrons. The van der Waals surface area contributed by atoms with Gasteiger partial charge in [0.05, 0.1) is 42.9 Å². The highest BCUT2D eigenvalue weighted by molar-refractivity contribution is 5.85. The zero-order valence-corrected chi connectivity index (χ0v) is 19.3. The monoisotopic (exact) mass is 449 g/mol.